The van der Waals surface area contributed by atoms with Crippen LogP contribution in [-0.4, -0.2) is 29.7 Å². The average Bonchev–Trinajstić information content (AvgIpc) is 2.68. The topological polar surface area (TPSA) is 88.9 Å². The Bertz CT molecular complexity index is 708. The molecule has 0 unspecified atom stereocenters. The highest BCUT2D eigenvalue weighted by Gasteiger charge is 2.21. The predicted molar refractivity (Wildman–Crippen MR) is 77.2 cm³/mol. The number of aromatic nitrogens is 3. The molecule has 2 rings (SSSR count). The van der Waals surface area contributed by atoms with Crippen molar-refractivity contribution >= 4 is 21.4 Å². The molecule has 108 valence electrons. The number of pyridine rings is 1. The number of nitrogens with one attached hydrogen (secondary N) is 2. The molecule has 0 amide bonds. The van der Waals surface area contributed by atoms with E-state index >= 15 is 0 Å². The molecular formula is C12H17N5O2S. The maximum absolute atomic E-state index is 12.4. The SMILES string of the molecule is CCNc1cccnc1S(=O)(=O)Nc1cn(C)nc1C. The zero-order chi connectivity index (χ0) is 14.8. The minimum atomic E-state index is -3.75. The Labute approximate surface area is 118 Å². The fourth-order valence-electron chi connectivity index (χ4n) is 1.82. The van der Waals surface area contributed by atoms with E-state index in [0.29, 0.717) is 23.6 Å². The molecule has 0 aliphatic carbocycles. The van der Waals surface area contributed by atoms with E-state index in [1.807, 2.05) is 6.92 Å². The first kappa shape index (κ1) is 14.3. The highest BCUT2D eigenvalue weighted by molar-refractivity contribution is 7.92. The highest BCUT2D eigenvalue weighted by atomic mass is 32.2. The zero-order valence-electron chi connectivity index (χ0n) is 11.6. The van der Waals surface area contributed by atoms with E-state index in [1.54, 1.807) is 37.0 Å². The first-order valence-electron chi connectivity index (χ1n) is 6.16. The summed E-state index contributed by atoms with van der Waals surface area (Å²) >= 11 is 0. The molecule has 0 radical (unpaired) electrons. The van der Waals surface area contributed by atoms with Crippen molar-refractivity contribution in [3.63, 3.8) is 0 Å². The minimum absolute atomic E-state index is 0.0231. The zero-order valence-corrected chi connectivity index (χ0v) is 12.4. The van der Waals surface area contributed by atoms with Crippen LogP contribution >= 0.6 is 0 Å². The molecule has 0 saturated carbocycles. The lowest BCUT2D eigenvalue weighted by Gasteiger charge is -2.11. The second-order valence-corrected chi connectivity index (χ2v) is 5.89. The van der Waals surface area contributed by atoms with Gasteiger partial charge in [0.15, 0.2) is 5.03 Å². The number of nitrogens with zero attached hydrogens (tertiary/aromatic N) is 3. The largest absolute Gasteiger partial charge is 0.383 e. The summed E-state index contributed by atoms with van der Waals surface area (Å²) in [5.41, 5.74) is 1.53. The number of anilines is 2. The van der Waals surface area contributed by atoms with E-state index < -0.39 is 10.0 Å². The monoisotopic (exact) mass is 295 g/mol. The van der Waals surface area contributed by atoms with Gasteiger partial charge in [0.1, 0.15) is 0 Å². The second-order valence-electron chi connectivity index (χ2n) is 4.29. The molecule has 2 aromatic rings. The number of hydrogen-bond acceptors (Lipinski definition) is 5. The third-order valence-electron chi connectivity index (χ3n) is 2.65. The predicted octanol–water partition coefficient (Wildman–Crippen LogP) is 1.36. The van der Waals surface area contributed by atoms with Crippen LogP contribution in [0.15, 0.2) is 29.6 Å². The van der Waals surface area contributed by atoms with E-state index in [9.17, 15) is 8.42 Å². The van der Waals surface area contributed by atoms with Gasteiger partial charge < -0.3 is 5.32 Å². The van der Waals surface area contributed by atoms with E-state index in [0.717, 1.165) is 0 Å². The van der Waals surface area contributed by atoms with Crippen molar-refractivity contribution in [3.8, 4) is 0 Å². The summed E-state index contributed by atoms with van der Waals surface area (Å²) in [6, 6.07) is 3.37. The molecule has 2 N–H and O–H groups in total. The summed E-state index contributed by atoms with van der Waals surface area (Å²) in [5.74, 6) is 0. The fourth-order valence-corrected chi connectivity index (χ4v) is 3.04. The van der Waals surface area contributed by atoms with Crippen molar-refractivity contribution in [3.05, 3.63) is 30.2 Å². The van der Waals surface area contributed by atoms with Crippen molar-refractivity contribution in [1.82, 2.24) is 14.8 Å². The lowest BCUT2D eigenvalue weighted by molar-refractivity contribution is 0.598. The van der Waals surface area contributed by atoms with Crippen LogP contribution in [0.2, 0.25) is 0 Å². The molecule has 20 heavy (non-hydrogen) atoms. The Morgan fingerprint density at radius 3 is 2.70 bits per heavy atom. The van der Waals surface area contributed by atoms with Gasteiger partial charge in [-0.05, 0) is 26.0 Å². The number of sulfonamides is 1. The summed E-state index contributed by atoms with van der Waals surface area (Å²) in [4.78, 5) is 3.96. The smallest absolute Gasteiger partial charge is 0.281 e. The first-order valence-corrected chi connectivity index (χ1v) is 7.64. The van der Waals surface area contributed by atoms with Crippen LogP contribution in [-0.2, 0) is 17.1 Å². The molecule has 0 bridgehead atoms. The van der Waals surface area contributed by atoms with Crippen molar-refractivity contribution in [2.75, 3.05) is 16.6 Å². The molecule has 2 aromatic heterocycles. The summed E-state index contributed by atoms with van der Waals surface area (Å²) in [6.45, 7) is 4.24. The summed E-state index contributed by atoms with van der Waals surface area (Å²) in [6.07, 6.45) is 3.06. The summed E-state index contributed by atoms with van der Waals surface area (Å²) in [5, 5.41) is 7.06. The van der Waals surface area contributed by atoms with Gasteiger partial charge in [-0.1, -0.05) is 0 Å². The van der Waals surface area contributed by atoms with Gasteiger partial charge in [-0.25, -0.2) is 4.98 Å². The van der Waals surface area contributed by atoms with Gasteiger partial charge in [-0.3, -0.25) is 9.40 Å². The number of aryl methyl sites for hydroxylation is 2. The van der Waals surface area contributed by atoms with Crippen molar-refractivity contribution in [2.45, 2.75) is 18.9 Å². The van der Waals surface area contributed by atoms with Gasteiger partial charge >= 0.3 is 0 Å². The Morgan fingerprint density at radius 2 is 2.10 bits per heavy atom. The van der Waals surface area contributed by atoms with E-state index in [4.69, 9.17) is 0 Å². The first-order chi connectivity index (χ1) is 9.44. The van der Waals surface area contributed by atoms with Crippen LogP contribution in [0.1, 0.15) is 12.6 Å². The molecule has 0 spiro atoms. The van der Waals surface area contributed by atoms with Crippen molar-refractivity contribution in [2.24, 2.45) is 7.05 Å². The average molecular weight is 295 g/mol. The molecule has 0 saturated heterocycles. The third kappa shape index (κ3) is 2.90. The van der Waals surface area contributed by atoms with Gasteiger partial charge in [-0.2, -0.15) is 13.5 Å². The van der Waals surface area contributed by atoms with Crippen LogP contribution < -0.4 is 10.0 Å². The Morgan fingerprint density at radius 1 is 1.35 bits per heavy atom. The number of rotatable bonds is 5. The van der Waals surface area contributed by atoms with Gasteiger partial charge in [0.25, 0.3) is 10.0 Å². The van der Waals surface area contributed by atoms with Gasteiger partial charge in [0.05, 0.1) is 17.1 Å². The normalized spacial score (nSPS) is 11.3. The molecule has 8 heteroatoms. The molecule has 0 aliphatic heterocycles. The van der Waals surface area contributed by atoms with Crippen molar-refractivity contribution < 1.29 is 8.42 Å². The minimum Gasteiger partial charge on any atom is -0.383 e. The molecule has 2 heterocycles. The summed E-state index contributed by atoms with van der Waals surface area (Å²) in [7, 11) is -2.02. The summed E-state index contributed by atoms with van der Waals surface area (Å²) < 4.78 is 28.9. The molecular weight excluding hydrogens is 278 g/mol. The fraction of sp³-hybridized carbons (Fsp3) is 0.333. The quantitative estimate of drug-likeness (QED) is 0.869. The van der Waals surface area contributed by atoms with Crippen LogP contribution in [0, 0.1) is 6.92 Å². The van der Waals surface area contributed by atoms with Gasteiger partial charge in [0.2, 0.25) is 0 Å². The second kappa shape index (κ2) is 5.49. The molecule has 7 nitrogen and oxygen atoms in total. The molecule has 0 atom stereocenters. The van der Waals surface area contributed by atoms with Crippen LogP contribution in [0.5, 0.6) is 0 Å². The van der Waals surface area contributed by atoms with E-state index in [-0.39, 0.29) is 5.03 Å². The van der Waals surface area contributed by atoms with Crippen LogP contribution in [0.3, 0.4) is 0 Å². The van der Waals surface area contributed by atoms with E-state index in [2.05, 4.69) is 20.1 Å². The molecule has 0 aromatic carbocycles. The van der Waals surface area contributed by atoms with E-state index in [1.165, 1.54) is 6.20 Å². The lowest BCUT2D eigenvalue weighted by Crippen LogP contribution is -2.17. The lowest BCUT2D eigenvalue weighted by atomic mass is 10.4. The van der Waals surface area contributed by atoms with Crippen molar-refractivity contribution in [1.29, 1.82) is 0 Å². The maximum Gasteiger partial charge on any atom is 0.281 e. The van der Waals surface area contributed by atoms with Crippen LogP contribution in [0.4, 0.5) is 11.4 Å². The standard InChI is InChI=1S/C12H17N5O2S/c1-4-13-10-6-5-7-14-12(10)20(18,19)16-11-8-17(3)15-9(11)2/h5-8,13,16H,4H2,1-3H3. The molecule has 0 aliphatic rings. The highest BCUT2D eigenvalue weighted by Crippen LogP contribution is 2.22. The third-order valence-corrected chi connectivity index (χ3v) is 3.97. The number of hydrogen-bond donors (Lipinski definition) is 2. The Hall–Kier alpha value is -2.09. The van der Waals surface area contributed by atoms with Gasteiger partial charge in [-0.15, -0.1) is 0 Å². The van der Waals surface area contributed by atoms with Crippen LogP contribution in [0.25, 0.3) is 0 Å². The molecule has 0 fully saturated rings. The Balaban J connectivity index is 2.38. The maximum atomic E-state index is 12.4. The van der Waals surface area contributed by atoms with Gasteiger partial charge in [0, 0.05) is 26.0 Å². The Kier molecular flexibility index (Phi) is 3.93.